The molecule has 1 heterocycles. The van der Waals surface area contributed by atoms with Gasteiger partial charge in [0.05, 0.1) is 0 Å². The molecule has 210 valence electrons. The number of thioether (sulfide) groups is 1. The molecule has 1 aliphatic rings. The summed E-state index contributed by atoms with van der Waals surface area (Å²) in [6.45, 7) is 9.49. The van der Waals surface area contributed by atoms with Crippen LogP contribution >= 0.6 is 27.7 Å². The highest BCUT2D eigenvalue weighted by Crippen LogP contribution is 2.39. The van der Waals surface area contributed by atoms with Crippen molar-refractivity contribution in [1.82, 2.24) is 4.90 Å². The van der Waals surface area contributed by atoms with Crippen LogP contribution in [0.1, 0.15) is 53.7 Å². The van der Waals surface area contributed by atoms with Crippen LogP contribution in [-0.2, 0) is 4.79 Å². The standard InChI is InChI=1S/C32H34BrNO5S/c1-19-15-23(16-20(2)30(19)39-32(4,5)21(3)35)27-17-34(31(37)38-25-11-9-24(33)10-12-25)18-28(27)29(36)22-7-13-26(40-6)14-8-22/h7-16,27-28H,17-18H2,1-6H3. The van der Waals surface area contributed by atoms with Crippen molar-refractivity contribution in [2.24, 2.45) is 5.92 Å². The van der Waals surface area contributed by atoms with E-state index < -0.39 is 17.6 Å². The minimum absolute atomic E-state index is 0.00931. The predicted molar refractivity (Wildman–Crippen MR) is 162 cm³/mol. The molecule has 3 aromatic carbocycles. The highest BCUT2D eigenvalue weighted by molar-refractivity contribution is 9.10. The maximum atomic E-state index is 13.8. The molecule has 1 amide bonds. The van der Waals surface area contributed by atoms with Crippen molar-refractivity contribution in [3.05, 3.63) is 87.4 Å². The maximum Gasteiger partial charge on any atom is 0.415 e. The lowest BCUT2D eigenvalue weighted by molar-refractivity contribution is -0.129. The normalized spacial score (nSPS) is 17.0. The predicted octanol–water partition coefficient (Wildman–Crippen LogP) is 7.63. The zero-order valence-electron chi connectivity index (χ0n) is 23.6. The summed E-state index contributed by atoms with van der Waals surface area (Å²) in [4.78, 5) is 41.8. The average Bonchev–Trinajstić information content (AvgIpc) is 3.37. The molecule has 0 radical (unpaired) electrons. The van der Waals surface area contributed by atoms with Crippen molar-refractivity contribution in [3.8, 4) is 11.5 Å². The van der Waals surface area contributed by atoms with E-state index in [4.69, 9.17) is 9.47 Å². The van der Waals surface area contributed by atoms with Gasteiger partial charge in [-0.15, -0.1) is 11.8 Å². The maximum absolute atomic E-state index is 13.8. The number of Topliss-reactive ketones (excluding diaryl/α,β-unsaturated/α-hetero) is 2. The number of hydrogen-bond acceptors (Lipinski definition) is 6. The molecule has 0 saturated carbocycles. The van der Waals surface area contributed by atoms with E-state index in [2.05, 4.69) is 15.9 Å². The molecule has 0 spiro atoms. The Hall–Kier alpha value is -3.10. The van der Waals surface area contributed by atoms with Crippen molar-refractivity contribution in [3.63, 3.8) is 0 Å². The quantitative estimate of drug-likeness (QED) is 0.190. The van der Waals surface area contributed by atoms with Crippen LogP contribution in [0.5, 0.6) is 11.5 Å². The number of nitrogens with zero attached hydrogens (tertiary/aromatic N) is 1. The Kier molecular flexibility index (Phi) is 9.10. The Balaban J connectivity index is 1.66. The molecule has 2 atom stereocenters. The smallest absolute Gasteiger partial charge is 0.415 e. The molecule has 1 fully saturated rings. The molecular formula is C32H34BrNO5S. The molecule has 8 heteroatoms. The van der Waals surface area contributed by atoms with Gasteiger partial charge in [0.1, 0.15) is 11.5 Å². The Morgan fingerprint density at radius 2 is 1.55 bits per heavy atom. The Bertz CT molecular complexity index is 1400. The number of ether oxygens (including phenoxy) is 2. The molecule has 0 aromatic heterocycles. The lowest BCUT2D eigenvalue weighted by Gasteiger charge is -2.27. The zero-order chi connectivity index (χ0) is 29.2. The second-order valence-electron chi connectivity index (χ2n) is 10.7. The summed E-state index contributed by atoms with van der Waals surface area (Å²) >= 11 is 5.01. The number of benzene rings is 3. The van der Waals surface area contributed by atoms with E-state index in [0.717, 1.165) is 26.1 Å². The van der Waals surface area contributed by atoms with E-state index in [9.17, 15) is 14.4 Å². The molecule has 0 bridgehead atoms. The first-order chi connectivity index (χ1) is 18.9. The first-order valence-electron chi connectivity index (χ1n) is 13.1. The first kappa shape index (κ1) is 29.9. The SMILES string of the molecule is CSc1ccc(C(=O)C2CN(C(=O)Oc3ccc(Br)cc3)CC2c2cc(C)c(OC(C)(C)C(C)=O)c(C)c2)cc1. The fraction of sp³-hybridized carbons (Fsp3) is 0.344. The number of ketones is 2. The minimum Gasteiger partial charge on any atom is -0.480 e. The van der Waals surface area contributed by atoms with Crippen LogP contribution in [0.2, 0.25) is 0 Å². The van der Waals surface area contributed by atoms with Crippen molar-refractivity contribution >= 4 is 45.4 Å². The number of likely N-dealkylation sites (tertiary alicyclic amines) is 1. The van der Waals surface area contributed by atoms with E-state index in [1.807, 2.05) is 68.6 Å². The van der Waals surface area contributed by atoms with E-state index >= 15 is 0 Å². The summed E-state index contributed by atoms with van der Waals surface area (Å²) in [5.41, 5.74) is 2.35. The van der Waals surface area contributed by atoms with Crippen LogP contribution < -0.4 is 9.47 Å². The summed E-state index contributed by atoms with van der Waals surface area (Å²) in [6.07, 6.45) is 1.51. The third-order valence-electron chi connectivity index (χ3n) is 7.42. The second kappa shape index (κ2) is 12.2. The summed E-state index contributed by atoms with van der Waals surface area (Å²) in [7, 11) is 0. The van der Waals surface area contributed by atoms with Crippen molar-refractivity contribution in [1.29, 1.82) is 0 Å². The number of carbonyl (C=O) groups excluding carboxylic acids is 3. The molecule has 40 heavy (non-hydrogen) atoms. The van der Waals surface area contributed by atoms with Crippen LogP contribution in [0.4, 0.5) is 4.79 Å². The minimum atomic E-state index is -0.959. The summed E-state index contributed by atoms with van der Waals surface area (Å²) < 4.78 is 12.7. The lowest BCUT2D eigenvalue weighted by Crippen LogP contribution is -2.36. The van der Waals surface area contributed by atoms with Gasteiger partial charge in [-0.05, 0) is 94.0 Å². The van der Waals surface area contributed by atoms with Gasteiger partial charge in [-0.2, -0.15) is 0 Å². The van der Waals surface area contributed by atoms with Crippen LogP contribution in [0, 0.1) is 19.8 Å². The van der Waals surface area contributed by atoms with Gasteiger partial charge in [0.2, 0.25) is 0 Å². The Morgan fingerprint density at radius 1 is 0.950 bits per heavy atom. The first-order valence-corrected chi connectivity index (χ1v) is 15.1. The monoisotopic (exact) mass is 623 g/mol. The third-order valence-corrected chi connectivity index (χ3v) is 8.70. The van der Waals surface area contributed by atoms with Gasteiger partial charge in [-0.3, -0.25) is 9.59 Å². The zero-order valence-corrected chi connectivity index (χ0v) is 26.0. The molecule has 2 unspecified atom stereocenters. The fourth-order valence-corrected chi connectivity index (χ4v) is 5.55. The number of hydrogen-bond donors (Lipinski definition) is 0. The van der Waals surface area contributed by atoms with Crippen molar-refractivity contribution in [2.45, 2.75) is 51.0 Å². The second-order valence-corrected chi connectivity index (χ2v) is 12.5. The molecular weight excluding hydrogens is 590 g/mol. The fourth-order valence-electron chi connectivity index (χ4n) is 4.88. The Morgan fingerprint density at radius 3 is 2.10 bits per heavy atom. The molecule has 1 saturated heterocycles. The van der Waals surface area contributed by atoms with Gasteiger partial charge in [0, 0.05) is 39.9 Å². The molecule has 0 aliphatic carbocycles. The highest BCUT2D eigenvalue weighted by Gasteiger charge is 2.42. The molecule has 0 N–H and O–H groups in total. The largest absolute Gasteiger partial charge is 0.480 e. The third kappa shape index (κ3) is 6.61. The van der Waals surface area contributed by atoms with E-state index in [-0.39, 0.29) is 24.0 Å². The molecule has 1 aliphatic heterocycles. The van der Waals surface area contributed by atoms with E-state index in [1.54, 1.807) is 42.6 Å². The van der Waals surface area contributed by atoms with Gasteiger partial charge in [-0.25, -0.2) is 4.79 Å². The number of carbonyl (C=O) groups is 3. The Labute approximate surface area is 248 Å². The van der Waals surface area contributed by atoms with Crippen LogP contribution in [0.3, 0.4) is 0 Å². The van der Waals surface area contributed by atoms with E-state index in [1.165, 1.54) is 6.92 Å². The summed E-state index contributed by atoms with van der Waals surface area (Å²) in [5, 5.41) is 0. The average molecular weight is 625 g/mol. The topological polar surface area (TPSA) is 72.9 Å². The van der Waals surface area contributed by atoms with E-state index in [0.29, 0.717) is 23.6 Å². The van der Waals surface area contributed by atoms with Crippen LogP contribution in [0.15, 0.2) is 70.0 Å². The summed E-state index contributed by atoms with van der Waals surface area (Å²) in [5.74, 6) is 0.334. The molecule has 3 aromatic rings. The highest BCUT2D eigenvalue weighted by atomic mass is 79.9. The van der Waals surface area contributed by atoms with Gasteiger partial charge in [-0.1, -0.05) is 40.2 Å². The van der Waals surface area contributed by atoms with Crippen LogP contribution in [0.25, 0.3) is 0 Å². The van der Waals surface area contributed by atoms with Crippen molar-refractivity contribution in [2.75, 3.05) is 19.3 Å². The van der Waals surface area contributed by atoms with Gasteiger partial charge in [0.25, 0.3) is 0 Å². The van der Waals surface area contributed by atoms with Crippen LogP contribution in [-0.4, -0.2) is 47.5 Å². The number of halogens is 1. The molecule has 4 rings (SSSR count). The van der Waals surface area contributed by atoms with Gasteiger partial charge in [0.15, 0.2) is 17.2 Å². The lowest BCUT2D eigenvalue weighted by atomic mass is 9.82. The number of rotatable bonds is 8. The summed E-state index contributed by atoms with van der Waals surface area (Å²) in [6, 6.07) is 18.7. The number of amides is 1. The number of aryl methyl sites for hydroxylation is 2. The molecule has 6 nitrogen and oxygen atoms in total. The van der Waals surface area contributed by atoms with Gasteiger partial charge < -0.3 is 14.4 Å². The van der Waals surface area contributed by atoms with Gasteiger partial charge >= 0.3 is 6.09 Å². The van der Waals surface area contributed by atoms with Crippen molar-refractivity contribution < 1.29 is 23.9 Å².